The average Bonchev–Trinajstić information content (AvgIpc) is 3.23. The van der Waals surface area contributed by atoms with Gasteiger partial charge in [0.05, 0.1) is 34.7 Å². The van der Waals surface area contributed by atoms with E-state index in [1.807, 2.05) is 84.4 Å². The van der Waals surface area contributed by atoms with Gasteiger partial charge in [-0.15, -0.1) is 0 Å². The van der Waals surface area contributed by atoms with Gasteiger partial charge in [0.15, 0.2) is 0 Å². The van der Waals surface area contributed by atoms with Crippen molar-refractivity contribution in [1.82, 2.24) is 14.5 Å². The van der Waals surface area contributed by atoms with Gasteiger partial charge >= 0.3 is 0 Å². The summed E-state index contributed by atoms with van der Waals surface area (Å²) in [5.41, 5.74) is 4.69. The third-order valence-electron chi connectivity index (χ3n) is 4.33. The van der Waals surface area contributed by atoms with Gasteiger partial charge in [-0.05, 0) is 31.2 Å². The average molecular weight is 354 g/mol. The van der Waals surface area contributed by atoms with Crippen LogP contribution in [0.3, 0.4) is 0 Å². The summed E-state index contributed by atoms with van der Waals surface area (Å²) in [6.45, 7) is 1.85. The van der Waals surface area contributed by atoms with Gasteiger partial charge in [0.1, 0.15) is 0 Å². The van der Waals surface area contributed by atoms with Crippen LogP contribution < -0.4 is 5.32 Å². The number of anilines is 1. The highest BCUT2D eigenvalue weighted by Gasteiger charge is 2.14. The van der Waals surface area contributed by atoms with Gasteiger partial charge in [0, 0.05) is 18.0 Å². The minimum Gasteiger partial charge on any atom is -0.320 e. The number of para-hydroxylation sites is 2. The smallest absolute Gasteiger partial charge is 0.257 e. The maximum Gasteiger partial charge on any atom is 0.257 e. The normalized spacial score (nSPS) is 10.6. The molecule has 2 heterocycles. The second-order valence-electron chi connectivity index (χ2n) is 6.14. The molecule has 1 N–H and O–H groups in total. The molecular formula is C22H18N4O. The quantitative estimate of drug-likeness (QED) is 0.587. The molecule has 4 aromatic rings. The van der Waals surface area contributed by atoms with Crippen molar-refractivity contribution in [3.8, 4) is 16.9 Å². The topological polar surface area (TPSA) is 59.8 Å². The van der Waals surface area contributed by atoms with Crippen LogP contribution in [-0.2, 0) is 0 Å². The minimum atomic E-state index is -0.188. The summed E-state index contributed by atoms with van der Waals surface area (Å²) in [7, 11) is 0. The van der Waals surface area contributed by atoms with E-state index in [-0.39, 0.29) is 5.91 Å². The molecule has 2 aromatic carbocycles. The summed E-state index contributed by atoms with van der Waals surface area (Å²) in [4.78, 5) is 21.5. The summed E-state index contributed by atoms with van der Waals surface area (Å²) in [6, 6.07) is 21.2. The van der Waals surface area contributed by atoms with Crippen molar-refractivity contribution in [2.75, 3.05) is 5.32 Å². The zero-order chi connectivity index (χ0) is 18.6. The van der Waals surface area contributed by atoms with Crippen LogP contribution >= 0.6 is 0 Å². The molecule has 0 unspecified atom stereocenters. The van der Waals surface area contributed by atoms with E-state index in [2.05, 4.69) is 15.3 Å². The number of nitrogens with zero attached hydrogens (tertiary/aromatic N) is 3. The number of rotatable bonds is 4. The van der Waals surface area contributed by atoms with Crippen molar-refractivity contribution in [1.29, 1.82) is 0 Å². The lowest BCUT2D eigenvalue weighted by Gasteiger charge is -2.13. The summed E-state index contributed by atoms with van der Waals surface area (Å²) >= 11 is 0. The highest BCUT2D eigenvalue weighted by molar-refractivity contribution is 6.06. The van der Waals surface area contributed by atoms with Gasteiger partial charge in [-0.3, -0.25) is 9.78 Å². The van der Waals surface area contributed by atoms with Crippen molar-refractivity contribution >= 4 is 11.6 Å². The highest BCUT2D eigenvalue weighted by Crippen LogP contribution is 2.22. The van der Waals surface area contributed by atoms with Crippen LogP contribution in [0.4, 0.5) is 5.69 Å². The Labute approximate surface area is 157 Å². The highest BCUT2D eigenvalue weighted by atomic mass is 16.1. The molecular weight excluding hydrogens is 336 g/mol. The molecule has 0 radical (unpaired) electrons. The molecule has 2 aromatic heterocycles. The van der Waals surface area contributed by atoms with Gasteiger partial charge in [-0.25, -0.2) is 4.98 Å². The number of hydrogen-bond acceptors (Lipinski definition) is 3. The first-order chi connectivity index (χ1) is 13.2. The summed E-state index contributed by atoms with van der Waals surface area (Å²) in [5.74, 6) is -0.188. The zero-order valence-electron chi connectivity index (χ0n) is 14.8. The van der Waals surface area contributed by atoms with E-state index in [9.17, 15) is 4.79 Å². The van der Waals surface area contributed by atoms with E-state index in [1.165, 1.54) is 0 Å². The van der Waals surface area contributed by atoms with Gasteiger partial charge in [-0.2, -0.15) is 0 Å². The molecule has 4 rings (SSSR count). The molecule has 0 aliphatic heterocycles. The number of imidazole rings is 1. The van der Waals surface area contributed by atoms with E-state index >= 15 is 0 Å². The van der Waals surface area contributed by atoms with Crippen LogP contribution in [0.5, 0.6) is 0 Å². The van der Waals surface area contributed by atoms with Crippen molar-refractivity contribution in [2.45, 2.75) is 6.92 Å². The number of pyridine rings is 1. The fraction of sp³-hybridized carbons (Fsp3) is 0.0455. The van der Waals surface area contributed by atoms with E-state index in [0.29, 0.717) is 16.9 Å². The Kier molecular flexibility index (Phi) is 4.49. The Hall–Kier alpha value is -3.73. The van der Waals surface area contributed by atoms with Gasteiger partial charge in [-0.1, -0.05) is 42.5 Å². The third-order valence-corrected chi connectivity index (χ3v) is 4.33. The Balaban J connectivity index is 1.61. The molecule has 0 aliphatic carbocycles. The predicted octanol–water partition coefficient (Wildman–Crippen LogP) is 4.50. The Morgan fingerprint density at radius 2 is 1.74 bits per heavy atom. The molecule has 0 aliphatic rings. The SMILES string of the molecule is Cc1nc(-c2ccccc2)ccc1C(=O)Nc1ccccc1-n1ccnc1. The molecule has 1 amide bonds. The number of nitrogens with one attached hydrogen (secondary N) is 1. The van der Waals surface area contributed by atoms with Crippen molar-refractivity contribution in [2.24, 2.45) is 0 Å². The first-order valence-corrected chi connectivity index (χ1v) is 8.64. The fourth-order valence-electron chi connectivity index (χ4n) is 2.97. The molecule has 0 saturated carbocycles. The molecule has 0 spiro atoms. The molecule has 0 bridgehead atoms. The van der Waals surface area contributed by atoms with Crippen LogP contribution in [0.25, 0.3) is 16.9 Å². The van der Waals surface area contributed by atoms with Crippen LogP contribution in [0.1, 0.15) is 16.1 Å². The second-order valence-corrected chi connectivity index (χ2v) is 6.14. The summed E-state index contributed by atoms with van der Waals surface area (Å²) < 4.78 is 1.86. The van der Waals surface area contributed by atoms with E-state index in [4.69, 9.17) is 0 Å². The maximum absolute atomic E-state index is 12.8. The van der Waals surface area contributed by atoms with Crippen LogP contribution in [0.15, 0.2) is 85.5 Å². The van der Waals surface area contributed by atoms with Gasteiger partial charge < -0.3 is 9.88 Å². The number of aromatic nitrogens is 3. The van der Waals surface area contributed by atoms with Gasteiger partial charge in [0.2, 0.25) is 0 Å². The van der Waals surface area contributed by atoms with Crippen molar-refractivity contribution in [3.05, 3.63) is 96.7 Å². The zero-order valence-corrected chi connectivity index (χ0v) is 14.8. The second kappa shape index (κ2) is 7.25. The minimum absolute atomic E-state index is 0.188. The Bertz CT molecular complexity index is 1070. The van der Waals surface area contributed by atoms with Crippen molar-refractivity contribution in [3.63, 3.8) is 0 Å². The van der Waals surface area contributed by atoms with Gasteiger partial charge in [0.25, 0.3) is 5.91 Å². The fourth-order valence-corrected chi connectivity index (χ4v) is 2.97. The number of aryl methyl sites for hydroxylation is 1. The van der Waals surface area contributed by atoms with E-state index < -0.39 is 0 Å². The first-order valence-electron chi connectivity index (χ1n) is 8.64. The lowest BCUT2D eigenvalue weighted by molar-refractivity contribution is 0.102. The lowest BCUT2D eigenvalue weighted by Crippen LogP contribution is -2.15. The van der Waals surface area contributed by atoms with Crippen molar-refractivity contribution < 1.29 is 4.79 Å². The van der Waals surface area contributed by atoms with E-state index in [1.54, 1.807) is 12.5 Å². The van der Waals surface area contributed by atoms with Crippen LogP contribution in [-0.4, -0.2) is 20.4 Å². The number of carbonyl (C=O) groups is 1. The van der Waals surface area contributed by atoms with E-state index in [0.717, 1.165) is 16.9 Å². The standard InChI is InChI=1S/C22H18N4O/c1-16-18(11-12-19(24-16)17-7-3-2-4-8-17)22(27)25-20-9-5-6-10-21(20)26-14-13-23-15-26/h2-15H,1H3,(H,25,27). The Morgan fingerprint density at radius 3 is 2.48 bits per heavy atom. The predicted molar refractivity (Wildman–Crippen MR) is 106 cm³/mol. The molecule has 0 saturated heterocycles. The number of amides is 1. The monoisotopic (exact) mass is 354 g/mol. The number of hydrogen-bond donors (Lipinski definition) is 1. The number of carbonyl (C=O) groups excluding carboxylic acids is 1. The molecule has 5 heteroatoms. The first kappa shape index (κ1) is 16.7. The Morgan fingerprint density at radius 1 is 0.963 bits per heavy atom. The van der Waals surface area contributed by atoms with Crippen LogP contribution in [0, 0.1) is 6.92 Å². The molecule has 132 valence electrons. The largest absolute Gasteiger partial charge is 0.320 e. The third kappa shape index (κ3) is 3.48. The number of benzene rings is 2. The maximum atomic E-state index is 12.8. The summed E-state index contributed by atoms with van der Waals surface area (Å²) in [5, 5.41) is 2.99. The van der Waals surface area contributed by atoms with Crippen LogP contribution in [0.2, 0.25) is 0 Å². The lowest BCUT2D eigenvalue weighted by atomic mass is 10.1. The molecule has 0 atom stereocenters. The molecule has 5 nitrogen and oxygen atoms in total. The summed E-state index contributed by atoms with van der Waals surface area (Å²) in [6.07, 6.45) is 5.24. The molecule has 27 heavy (non-hydrogen) atoms. The molecule has 0 fully saturated rings.